The standard InChI is InChI=1S/C21H34FN3O2/c1-4-23-20(24-12-6-13-26-15-19-7-5-14-27-19)25-16-21(2,3)17-8-10-18(22)11-9-17/h8-11,19H,4-7,12-16H2,1-3H3,(H2,23,24,25). The molecular formula is C21H34FN3O2. The van der Waals surface area contributed by atoms with Gasteiger partial charge in [-0.1, -0.05) is 26.0 Å². The molecule has 1 aromatic carbocycles. The molecule has 0 radical (unpaired) electrons. The van der Waals surface area contributed by atoms with Crippen molar-refractivity contribution >= 4 is 5.96 Å². The third-order valence-corrected chi connectivity index (χ3v) is 4.69. The molecule has 0 saturated carbocycles. The molecule has 2 N–H and O–H groups in total. The highest BCUT2D eigenvalue weighted by atomic mass is 19.1. The number of nitrogens with one attached hydrogen (secondary N) is 2. The van der Waals surface area contributed by atoms with Gasteiger partial charge < -0.3 is 20.1 Å². The summed E-state index contributed by atoms with van der Waals surface area (Å²) in [5, 5.41) is 6.62. The first-order valence-corrected chi connectivity index (χ1v) is 9.99. The van der Waals surface area contributed by atoms with Gasteiger partial charge in [-0.3, -0.25) is 4.99 Å². The number of benzene rings is 1. The van der Waals surface area contributed by atoms with E-state index in [0.29, 0.717) is 19.8 Å². The fraction of sp³-hybridized carbons (Fsp3) is 0.667. The van der Waals surface area contributed by atoms with Gasteiger partial charge in [0.1, 0.15) is 5.82 Å². The molecule has 0 bridgehead atoms. The highest BCUT2D eigenvalue weighted by Crippen LogP contribution is 2.23. The molecule has 1 aliphatic rings. The maximum Gasteiger partial charge on any atom is 0.191 e. The smallest absolute Gasteiger partial charge is 0.191 e. The minimum Gasteiger partial charge on any atom is -0.379 e. The van der Waals surface area contributed by atoms with E-state index in [1.54, 1.807) is 0 Å². The Morgan fingerprint density at radius 2 is 2.07 bits per heavy atom. The summed E-state index contributed by atoms with van der Waals surface area (Å²) in [6.45, 7) is 10.8. The highest BCUT2D eigenvalue weighted by molar-refractivity contribution is 5.79. The Labute approximate surface area is 162 Å². The minimum absolute atomic E-state index is 0.166. The number of hydrogen-bond donors (Lipinski definition) is 2. The average Bonchev–Trinajstić information content (AvgIpc) is 3.16. The first-order chi connectivity index (χ1) is 13.0. The summed E-state index contributed by atoms with van der Waals surface area (Å²) in [4.78, 5) is 4.70. The maximum absolute atomic E-state index is 13.1. The van der Waals surface area contributed by atoms with Gasteiger partial charge in [0.05, 0.1) is 19.3 Å². The monoisotopic (exact) mass is 379 g/mol. The van der Waals surface area contributed by atoms with Crippen LogP contribution in [0.25, 0.3) is 0 Å². The summed E-state index contributed by atoms with van der Waals surface area (Å²) >= 11 is 0. The van der Waals surface area contributed by atoms with Crippen LogP contribution in [0.5, 0.6) is 0 Å². The molecule has 0 aliphatic carbocycles. The fourth-order valence-corrected chi connectivity index (χ4v) is 2.98. The molecule has 1 fully saturated rings. The molecule has 0 amide bonds. The summed E-state index contributed by atoms with van der Waals surface area (Å²) in [5.74, 6) is 0.585. The zero-order valence-electron chi connectivity index (χ0n) is 16.9. The minimum atomic E-state index is -0.213. The lowest BCUT2D eigenvalue weighted by atomic mass is 9.85. The lowest BCUT2D eigenvalue weighted by molar-refractivity contribution is 0.0168. The van der Waals surface area contributed by atoms with Gasteiger partial charge in [0.15, 0.2) is 5.96 Å². The zero-order chi connectivity index (χ0) is 19.5. The van der Waals surface area contributed by atoms with Crippen LogP contribution in [0.4, 0.5) is 4.39 Å². The van der Waals surface area contributed by atoms with Crippen LogP contribution in [0, 0.1) is 5.82 Å². The number of rotatable bonds is 10. The molecule has 1 aliphatic heterocycles. The Hall–Kier alpha value is -1.66. The number of halogens is 1. The van der Waals surface area contributed by atoms with Crippen molar-refractivity contribution in [3.8, 4) is 0 Å². The number of aliphatic imine (C=N–C) groups is 1. The second kappa shape index (κ2) is 11.2. The lowest BCUT2D eigenvalue weighted by Gasteiger charge is -2.24. The van der Waals surface area contributed by atoms with Gasteiger partial charge in [0.2, 0.25) is 0 Å². The third-order valence-electron chi connectivity index (χ3n) is 4.69. The van der Waals surface area contributed by atoms with Crippen molar-refractivity contribution in [1.29, 1.82) is 0 Å². The summed E-state index contributed by atoms with van der Waals surface area (Å²) in [6.07, 6.45) is 3.45. The van der Waals surface area contributed by atoms with Gasteiger partial charge in [-0.2, -0.15) is 0 Å². The van der Waals surface area contributed by atoms with Crippen molar-refractivity contribution in [2.45, 2.75) is 51.6 Å². The molecule has 152 valence electrons. The predicted molar refractivity (Wildman–Crippen MR) is 108 cm³/mol. The zero-order valence-corrected chi connectivity index (χ0v) is 16.9. The second-order valence-electron chi connectivity index (χ2n) is 7.58. The van der Waals surface area contributed by atoms with Crippen molar-refractivity contribution in [3.63, 3.8) is 0 Å². The molecule has 1 heterocycles. The topological polar surface area (TPSA) is 54.9 Å². The maximum atomic E-state index is 13.1. The van der Waals surface area contributed by atoms with Gasteiger partial charge in [-0.15, -0.1) is 0 Å². The Bertz CT molecular complexity index is 569. The van der Waals surface area contributed by atoms with E-state index >= 15 is 0 Å². The van der Waals surface area contributed by atoms with Crippen molar-refractivity contribution in [2.24, 2.45) is 4.99 Å². The molecule has 1 unspecified atom stereocenters. The first-order valence-electron chi connectivity index (χ1n) is 9.99. The van der Waals surface area contributed by atoms with Gasteiger partial charge >= 0.3 is 0 Å². The molecule has 0 aromatic heterocycles. The van der Waals surface area contributed by atoms with Gasteiger partial charge in [-0.05, 0) is 43.9 Å². The molecule has 5 nitrogen and oxygen atoms in total. The van der Waals surface area contributed by atoms with E-state index in [-0.39, 0.29) is 17.3 Å². The Morgan fingerprint density at radius 3 is 2.74 bits per heavy atom. The second-order valence-corrected chi connectivity index (χ2v) is 7.58. The van der Waals surface area contributed by atoms with Gasteiger partial charge in [0, 0.05) is 31.7 Å². The van der Waals surface area contributed by atoms with Gasteiger partial charge in [-0.25, -0.2) is 4.39 Å². The van der Waals surface area contributed by atoms with Crippen LogP contribution in [0.3, 0.4) is 0 Å². The molecule has 6 heteroatoms. The normalized spacial score (nSPS) is 17.9. The predicted octanol–water partition coefficient (Wildman–Crippen LogP) is 3.24. The van der Waals surface area contributed by atoms with Crippen LogP contribution < -0.4 is 10.6 Å². The van der Waals surface area contributed by atoms with E-state index in [1.165, 1.54) is 12.1 Å². The summed E-state index contributed by atoms with van der Waals surface area (Å²) in [5.41, 5.74) is 0.909. The number of nitrogens with zero attached hydrogens (tertiary/aromatic N) is 1. The molecule has 2 rings (SSSR count). The van der Waals surface area contributed by atoms with E-state index in [0.717, 1.165) is 50.5 Å². The summed E-state index contributed by atoms with van der Waals surface area (Å²) in [7, 11) is 0. The van der Waals surface area contributed by atoms with E-state index in [2.05, 4.69) is 24.5 Å². The largest absolute Gasteiger partial charge is 0.379 e. The van der Waals surface area contributed by atoms with Crippen molar-refractivity contribution in [1.82, 2.24) is 10.6 Å². The van der Waals surface area contributed by atoms with Crippen LogP contribution in [-0.2, 0) is 14.9 Å². The molecule has 0 spiro atoms. The molecule has 1 aromatic rings. The van der Waals surface area contributed by atoms with E-state index in [1.807, 2.05) is 19.1 Å². The van der Waals surface area contributed by atoms with Crippen LogP contribution in [-0.4, -0.2) is 51.5 Å². The Morgan fingerprint density at radius 1 is 1.30 bits per heavy atom. The van der Waals surface area contributed by atoms with E-state index < -0.39 is 0 Å². The average molecular weight is 380 g/mol. The highest BCUT2D eigenvalue weighted by Gasteiger charge is 2.20. The molecular weight excluding hydrogens is 345 g/mol. The van der Waals surface area contributed by atoms with Crippen molar-refractivity contribution in [3.05, 3.63) is 35.6 Å². The third kappa shape index (κ3) is 7.85. The summed E-state index contributed by atoms with van der Waals surface area (Å²) in [6, 6.07) is 6.66. The fourth-order valence-electron chi connectivity index (χ4n) is 2.98. The Balaban J connectivity index is 1.73. The summed E-state index contributed by atoms with van der Waals surface area (Å²) < 4.78 is 24.4. The molecule has 1 atom stereocenters. The van der Waals surface area contributed by atoms with Crippen LogP contribution in [0.2, 0.25) is 0 Å². The van der Waals surface area contributed by atoms with E-state index in [4.69, 9.17) is 14.5 Å². The van der Waals surface area contributed by atoms with Crippen LogP contribution in [0.1, 0.15) is 45.6 Å². The lowest BCUT2D eigenvalue weighted by Crippen LogP contribution is -2.39. The number of guanidine groups is 1. The molecule has 27 heavy (non-hydrogen) atoms. The van der Waals surface area contributed by atoms with Crippen molar-refractivity contribution in [2.75, 3.05) is 39.5 Å². The van der Waals surface area contributed by atoms with Crippen molar-refractivity contribution < 1.29 is 13.9 Å². The van der Waals surface area contributed by atoms with Crippen LogP contribution in [0.15, 0.2) is 29.3 Å². The number of ether oxygens (including phenoxy) is 2. The van der Waals surface area contributed by atoms with Crippen LogP contribution >= 0.6 is 0 Å². The molecule has 1 saturated heterocycles. The van der Waals surface area contributed by atoms with E-state index in [9.17, 15) is 4.39 Å². The number of hydrogen-bond acceptors (Lipinski definition) is 3. The quantitative estimate of drug-likeness (QED) is 0.372. The first kappa shape index (κ1) is 21.6. The SMILES string of the molecule is CCNC(=NCC(C)(C)c1ccc(F)cc1)NCCCOCC1CCCO1. The van der Waals surface area contributed by atoms with Gasteiger partial charge in [0.25, 0.3) is 0 Å². The Kier molecular flexibility index (Phi) is 9.01.